The summed E-state index contributed by atoms with van der Waals surface area (Å²) in [6.45, 7) is 5.71. The third-order valence-electron chi connectivity index (χ3n) is 6.40. The van der Waals surface area contributed by atoms with Gasteiger partial charge in [-0.15, -0.1) is 0 Å². The van der Waals surface area contributed by atoms with E-state index in [0.717, 1.165) is 25.2 Å². The monoisotopic (exact) mass is 267 g/mol. The van der Waals surface area contributed by atoms with Gasteiger partial charge in [-0.1, -0.05) is 20.3 Å². The van der Waals surface area contributed by atoms with Crippen molar-refractivity contribution in [1.29, 1.82) is 0 Å². The molecule has 1 saturated heterocycles. The number of nitrogens with two attached hydrogens (primary N) is 1. The highest BCUT2D eigenvalue weighted by Crippen LogP contribution is 2.62. The highest BCUT2D eigenvalue weighted by atomic mass is 16.5. The average Bonchev–Trinajstić information content (AvgIpc) is 2.99. The Kier molecular flexibility index (Phi) is 3.43. The van der Waals surface area contributed by atoms with E-state index in [4.69, 9.17) is 10.5 Å². The van der Waals surface area contributed by atoms with Gasteiger partial charge in [0.2, 0.25) is 0 Å². The Morgan fingerprint density at radius 2 is 2.11 bits per heavy atom. The fourth-order valence-corrected chi connectivity index (χ4v) is 5.21. The molecule has 0 amide bonds. The molecule has 0 aromatic carbocycles. The van der Waals surface area contributed by atoms with Gasteiger partial charge in [0.25, 0.3) is 0 Å². The van der Waals surface area contributed by atoms with Gasteiger partial charge in [0.05, 0.1) is 11.7 Å². The van der Waals surface area contributed by atoms with Gasteiger partial charge in [0.1, 0.15) is 0 Å². The van der Waals surface area contributed by atoms with Gasteiger partial charge in [-0.2, -0.15) is 0 Å². The van der Waals surface area contributed by atoms with Crippen molar-refractivity contribution in [3.63, 3.8) is 0 Å². The fourth-order valence-electron chi connectivity index (χ4n) is 5.21. The van der Waals surface area contributed by atoms with E-state index < -0.39 is 5.60 Å². The van der Waals surface area contributed by atoms with Crippen LogP contribution in [-0.2, 0) is 4.74 Å². The molecule has 3 rings (SSSR count). The van der Waals surface area contributed by atoms with Crippen LogP contribution in [-0.4, -0.2) is 30.0 Å². The van der Waals surface area contributed by atoms with E-state index in [1.165, 1.54) is 19.3 Å². The van der Waals surface area contributed by atoms with Gasteiger partial charge < -0.3 is 15.6 Å². The number of rotatable bonds is 3. The van der Waals surface area contributed by atoms with Crippen LogP contribution in [0.2, 0.25) is 0 Å². The van der Waals surface area contributed by atoms with Crippen molar-refractivity contribution in [3.05, 3.63) is 0 Å². The highest BCUT2D eigenvalue weighted by Gasteiger charge is 2.61. The molecule has 5 atom stereocenters. The number of hydrogen-bond acceptors (Lipinski definition) is 3. The molecule has 5 unspecified atom stereocenters. The van der Waals surface area contributed by atoms with Crippen molar-refractivity contribution < 1.29 is 9.84 Å². The fraction of sp³-hybridized carbons (Fsp3) is 1.00. The predicted octanol–water partition coefficient (Wildman–Crippen LogP) is 2.32. The first-order valence-corrected chi connectivity index (χ1v) is 8.05. The summed E-state index contributed by atoms with van der Waals surface area (Å²) in [6.07, 6.45) is 6.83. The van der Waals surface area contributed by atoms with E-state index >= 15 is 0 Å². The summed E-state index contributed by atoms with van der Waals surface area (Å²) in [6, 6.07) is 0. The summed E-state index contributed by atoms with van der Waals surface area (Å²) in [5, 5.41) is 11.4. The van der Waals surface area contributed by atoms with E-state index in [1.54, 1.807) is 0 Å². The molecule has 3 N–H and O–H groups in total. The van der Waals surface area contributed by atoms with Crippen molar-refractivity contribution in [3.8, 4) is 0 Å². The molecule has 2 aliphatic carbocycles. The van der Waals surface area contributed by atoms with Gasteiger partial charge in [-0.05, 0) is 37.0 Å². The van der Waals surface area contributed by atoms with Crippen LogP contribution in [0.5, 0.6) is 0 Å². The molecule has 19 heavy (non-hydrogen) atoms. The zero-order chi connectivity index (χ0) is 13.7. The number of aliphatic hydroxyl groups is 1. The first-order valence-electron chi connectivity index (χ1n) is 8.05. The highest BCUT2D eigenvalue weighted by molar-refractivity contribution is 5.12. The van der Waals surface area contributed by atoms with Crippen LogP contribution in [0.4, 0.5) is 0 Å². The van der Waals surface area contributed by atoms with Crippen LogP contribution in [0.3, 0.4) is 0 Å². The number of fused-ring (bicyclic) bond motifs is 2. The number of hydrogen-bond donors (Lipinski definition) is 2. The van der Waals surface area contributed by atoms with Crippen LogP contribution < -0.4 is 5.73 Å². The van der Waals surface area contributed by atoms with Gasteiger partial charge in [0, 0.05) is 31.4 Å². The standard InChI is InChI=1S/C16H29NO2/c1-11(2)14-9-16(18,5-6-19-14)15(10-17)8-12-3-4-13(15)7-12/h11-14,18H,3-10,17H2,1-2H3. The molecule has 1 heterocycles. The summed E-state index contributed by atoms with van der Waals surface area (Å²) in [5.74, 6) is 1.94. The summed E-state index contributed by atoms with van der Waals surface area (Å²) >= 11 is 0. The predicted molar refractivity (Wildman–Crippen MR) is 75.7 cm³/mol. The molecule has 2 saturated carbocycles. The van der Waals surface area contributed by atoms with E-state index in [-0.39, 0.29) is 11.5 Å². The normalized spacial score (nSPS) is 50.1. The maximum absolute atomic E-state index is 11.4. The van der Waals surface area contributed by atoms with Crippen molar-refractivity contribution in [2.45, 2.75) is 64.1 Å². The molecule has 110 valence electrons. The molecular weight excluding hydrogens is 238 g/mol. The molecule has 3 nitrogen and oxygen atoms in total. The van der Waals surface area contributed by atoms with Crippen molar-refractivity contribution >= 4 is 0 Å². The maximum Gasteiger partial charge on any atom is 0.0765 e. The van der Waals surface area contributed by atoms with Crippen LogP contribution in [0.15, 0.2) is 0 Å². The lowest BCUT2D eigenvalue weighted by atomic mass is 9.58. The summed E-state index contributed by atoms with van der Waals surface area (Å²) < 4.78 is 5.86. The molecule has 1 aliphatic heterocycles. The average molecular weight is 267 g/mol. The van der Waals surface area contributed by atoms with Crippen LogP contribution in [0.1, 0.15) is 52.4 Å². The first kappa shape index (κ1) is 13.8. The van der Waals surface area contributed by atoms with E-state index in [2.05, 4.69) is 13.8 Å². The van der Waals surface area contributed by atoms with Crippen LogP contribution >= 0.6 is 0 Å². The molecule has 2 bridgehead atoms. The molecular formula is C16H29NO2. The third-order valence-corrected chi connectivity index (χ3v) is 6.40. The molecule has 0 aromatic heterocycles. The molecule has 0 aromatic rings. The quantitative estimate of drug-likeness (QED) is 0.825. The molecule has 3 aliphatic rings. The molecule has 0 spiro atoms. The first-order chi connectivity index (χ1) is 9.01. The Balaban J connectivity index is 1.86. The maximum atomic E-state index is 11.4. The van der Waals surface area contributed by atoms with E-state index in [9.17, 15) is 5.11 Å². The largest absolute Gasteiger partial charge is 0.389 e. The minimum atomic E-state index is -0.589. The minimum absolute atomic E-state index is 0.0210. The smallest absolute Gasteiger partial charge is 0.0765 e. The second-order valence-electron chi connectivity index (χ2n) is 7.58. The van der Waals surface area contributed by atoms with Gasteiger partial charge in [0.15, 0.2) is 0 Å². The molecule has 0 radical (unpaired) electrons. The van der Waals surface area contributed by atoms with Crippen LogP contribution in [0, 0.1) is 23.2 Å². The second-order valence-corrected chi connectivity index (χ2v) is 7.58. The summed E-state index contributed by atoms with van der Waals surface area (Å²) in [4.78, 5) is 0. The lowest BCUT2D eigenvalue weighted by Crippen LogP contribution is -2.59. The summed E-state index contributed by atoms with van der Waals surface area (Å²) in [7, 11) is 0. The second kappa shape index (κ2) is 4.71. The zero-order valence-electron chi connectivity index (χ0n) is 12.4. The Morgan fingerprint density at radius 1 is 1.32 bits per heavy atom. The van der Waals surface area contributed by atoms with Crippen molar-refractivity contribution in [2.24, 2.45) is 28.9 Å². The Bertz CT molecular complexity index is 346. The minimum Gasteiger partial charge on any atom is -0.389 e. The lowest BCUT2D eigenvalue weighted by Gasteiger charge is -2.53. The van der Waals surface area contributed by atoms with Crippen LogP contribution in [0.25, 0.3) is 0 Å². The van der Waals surface area contributed by atoms with E-state index in [1.807, 2.05) is 0 Å². The van der Waals surface area contributed by atoms with Gasteiger partial charge in [-0.25, -0.2) is 0 Å². The SMILES string of the molecule is CC(C)C1CC(O)(C2(CN)CC3CCC2C3)CCO1. The van der Waals surface area contributed by atoms with Crippen molar-refractivity contribution in [1.82, 2.24) is 0 Å². The third kappa shape index (κ3) is 1.97. The zero-order valence-corrected chi connectivity index (χ0v) is 12.4. The Labute approximate surface area is 116 Å². The summed E-state index contributed by atoms with van der Waals surface area (Å²) in [5.41, 5.74) is 5.58. The van der Waals surface area contributed by atoms with Crippen molar-refractivity contribution in [2.75, 3.05) is 13.2 Å². The molecule has 3 heteroatoms. The Hall–Kier alpha value is -0.120. The topological polar surface area (TPSA) is 55.5 Å². The van der Waals surface area contributed by atoms with E-state index in [0.29, 0.717) is 25.0 Å². The Morgan fingerprint density at radius 3 is 2.63 bits per heavy atom. The molecule has 3 fully saturated rings. The lowest BCUT2D eigenvalue weighted by molar-refractivity contribution is -0.188. The van der Waals surface area contributed by atoms with Gasteiger partial charge in [-0.3, -0.25) is 0 Å². The number of ether oxygens (including phenoxy) is 1. The van der Waals surface area contributed by atoms with Gasteiger partial charge >= 0.3 is 0 Å².